The number of rotatable bonds is 9. The maximum atomic E-state index is 12.3. The molecule has 1 atom stereocenters. The number of nitrogen functional groups attached to an aromatic ring is 1. The molecule has 14 heteroatoms. The van der Waals surface area contributed by atoms with Gasteiger partial charge in [0.1, 0.15) is 18.0 Å². The van der Waals surface area contributed by atoms with Gasteiger partial charge in [0.25, 0.3) is 0 Å². The Balaban J connectivity index is 0.000000708. The summed E-state index contributed by atoms with van der Waals surface area (Å²) in [5.74, 6) is -2.25. The predicted molar refractivity (Wildman–Crippen MR) is 146 cm³/mol. The van der Waals surface area contributed by atoms with Crippen LogP contribution in [0.5, 0.6) is 5.75 Å². The van der Waals surface area contributed by atoms with Crippen LogP contribution in [0, 0.1) is 11.3 Å². The molecule has 2 aromatic rings. The number of alkyl halides is 3. The van der Waals surface area contributed by atoms with Crippen LogP contribution < -0.4 is 26.4 Å². The number of hydrogen-bond donors (Lipinski definition) is 6. The molecule has 1 fully saturated rings. The molecule has 1 aliphatic rings. The Hall–Kier alpha value is -3.65. The highest BCUT2D eigenvalue weighted by Gasteiger charge is 2.38. The van der Waals surface area contributed by atoms with Crippen LogP contribution in [0.3, 0.4) is 0 Å². The first kappa shape index (κ1) is 32.6. The van der Waals surface area contributed by atoms with Gasteiger partial charge in [-0.3, -0.25) is 15.0 Å². The molecule has 40 heavy (non-hydrogen) atoms. The maximum Gasteiger partial charge on any atom is 0.490 e. The second kappa shape index (κ2) is 15.2. The third-order valence-electron chi connectivity index (χ3n) is 5.81. The van der Waals surface area contributed by atoms with Gasteiger partial charge in [0, 0.05) is 11.3 Å². The minimum Gasteiger partial charge on any atom is -0.492 e. The van der Waals surface area contributed by atoms with Crippen molar-refractivity contribution in [2.75, 3.05) is 25.0 Å². The van der Waals surface area contributed by atoms with Gasteiger partial charge in [-0.1, -0.05) is 6.07 Å². The van der Waals surface area contributed by atoms with Gasteiger partial charge >= 0.3 is 12.1 Å². The number of nitrogens with one attached hydrogen (secondary N) is 4. The number of halogens is 4. The molecule has 2 amide bonds. The molecule has 0 bridgehead atoms. The summed E-state index contributed by atoms with van der Waals surface area (Å²) in [5, 5.41) is 23.4. The summed E-state index contributed by atoms with van der Waals surface area (Å²) < 4.78 is 38.6. The van der Waals surface area contributed by atoms with Crippen LogP contribution in [-0.4, -0.2) is 54.6 Å². The van der Waals surface area contributed by atoms with Crippen molar-refractivity contribution in [2.24, 2.45) is 11.7 Å². The normalized spacial score (nSPS) is 14.2. The third-order valence-corrected chi connectivity index (χ3v) is 6.43. The lowest BCUT2D eigenvalue weighted by Gasteiger charge is -2.23. The number of piperidine rings is 1. The van der Waals surface area contributed by atoms with E-state index in [-0.39, 0.29) is 24.2 Å². The Morgan fingerprint density at radius 2 is 1.75 bits per heavy atom. The highest BCUT2D eigenvalue weighted by Crippen LogP contribution is 2.29. The van der Waals surface area contributed by atoms with Crippen molar-refractivity contribution in [2.45, 2.75) is 38.4 Å². The summed E-state index contributed by atoms with van der Waals surface area (Å²) in [6.07, 6.45) is -3.14. The number of amides is 2. The smallest absolute Gasteiger partial charge is 0.490 e. The molecule has 1 unspecified atom stereocenters. The highest BCUT2D eigenvalue weighted by molar-refractivity contribution is 9.10. The molecular weight excluding hydrogens is 599 g/mol. The van der Waals surface area contributed by atoms with Crippen molar-refractivity contribution in [3.05, 3.63) is 58.1 Å². The molecule has 0 radical (unpaired) electrons. The second-order valence-electron chi connectivity index (χ2n) is 9.00. The van der Waals surface area contributed by atoms with Crippen LogP contribution in [0.2, 0.25) is 0 Å². The lowest BCUT2D eigenvalue weighted by molar-refractivity contribution is -0.192. The molecule has 1 saturated heterocycles. The molecule has 1 aliphatic heterocycles. The van der Waals surface area contributed by atoms with E-state index < -0.39 is 18.1 Å². The summed E-state index contributed by atoms with van der Waals surface area (Å²) in [4.78, 5) is 33.4. The average Bonchev–Trinajstić information content (AvgIpc) is 2.88. The fourth-order valence-corrected chi connectivity index (χ4v) is 4.13. The Morgan fingerprint density at radius 1 is 1.15 bits per heavy atom. The van der Waals surface area contributed by atoms with E-state index in [9.17, 15) is 22.8 Å². The van der Waals surface area contributed by atoms with Crippen molar-refractivity contribution in [1.82, 2.24) is 10.6 Å². The van der Waals surface area contributed by atoms with E-state index in [1.165, 1.54) is 0 Å². The van der Waals surface area contributed by atoms with E-state index in [1.807, 2.05) is 25.1 Å². The summed E-state index contributed by atoms with van der Waals surface area (Å²) in [6.45, 7) is 4.64. The van der Waals surface area contributed by atoms with Gasteiger partial charge in [-0.2, -0.15) is 13.2 Å². The van der Waals surface area contributed by atoms with Gasteiger partial charge in [-0.05, 0) is 96.7 Å². The minimum atomic E-state index is -5.08. The SMILES string of the molecule is CC(NC(=O)CC(=O)Nc1ccc(C(=N)N)cc1)c1ccc(OCC2CCNCC2)c(Br)c1.O=C(O)C(F)(F)F. The molecule has 0 saturated carbocycles. The average molecular weight is 630 g/mol. The van der Waals surface area contributed by atoms with Crippen molar-refractivity contribution in [1.29, 1.82) is 5.41 Å². The van der Waals surface area contributed by atoms with Crippen LogP contribution >= 0.6 is 15.9 Å². The summed E-state index contributed by atoms with van der Waals surface area (Å²) in [5.41, 5.74) is 7.43. The van der Waals surface area contributed by atoms with Crippen LogP contribution in [0.25, 0.3) is 0 Å². The number of nitrogens with two attached hydrogens (primary N) is 1. The van der Waals surface area contributed by atoms with Gasteiger partial charge in [0.2, 0.25) is 11.8 Å². The molecule has 218 valence electrons. The number of hydrogen-bond acceptors (Lipinski definition) is 6. The highest BCUT2D eigenvalue weighted by atomic mass is 79.9. The van der Waals surface area contributed by atoms with E-state index in [0.29, 0.717) is 23.8 Å². The Kier molecular flexibility index (Phi) is 12.4. The quantitative estimate of drug-likeness (QED) is 0.139. The van der Waals surface area contributed by atoms with Crippen LogP contribution in [0.15, 0.2) is 46.9 Å². The Morgan fingerprint density at radius 3 is 2.27 bits per heavy atom. The topological polar surface area (TPSA) is 167 Å². The largest absolute Gasteiger partial charge is 0.492 e. The number of amidine groups is 1. The number of carbonyl (C=O) groups is 3. The second-order valence-corrected chi connectivity index (χ2v) is 9.86. The van der Waals surface area contributed by atoms with Gasteiger partial charge in [-0.25, -0.2) is 4.79 Å². The molecular formula is C26H31BrF3N5O5. The van der Waals surface area contributed by atoms with E-state index in [0.717, 1.165) is 41.7 Å². The van der Waals surface area contributed by atoms with Crippen LogP contribution in [0.4, 0.5) is 18.9 Å². The maximum absolute atomic E-state index is 12.3. The molecule has 1 heterocycles. The first-order valence-corrected chi connectivity index (χ1v) is 13.0. The molecule has 2 aromatic carbocycles. The van der Waals surface area contributed by atoms with E-state index in [2.05, 4.69) is 31.9 Å². The number of benzene rings is 2. The zero-order valence-corrected chi connectivity index (χ0v) is 23.2. The summed E-state index contributed by atoms with van der Waals surface area (Å²) in [6, 6.07) is 12.0. The lowest BCUT2D eigenvalue weighted by atomic mass is 9.99. The minimum absolute atomic E-state index is 0.0470. The van der Waals surface area contributed by atoms with Crippen molar-refractivity contribution >= 4 is 45.2 Å². The number of aliphatic carboxylic acids is 1. The third kappa shape index (κ3) is 11.2. The number of carbonyl (C=O) groups excluding carboxylic acids is 2. The standard InChI is InChI=1S/C24H30BrN5O3.C2HF3O2/c1-15(18-4-7-21(20(25)12-18)33-14-16-8-10-28-11-9-16)29-22(31)13-23(32)30-19-5-2-17(3-6-19)24(26)27;3-2(4,5)1(6)7/h2-7,12,15-16,28H,8-11,13-14H2,1H3,(H3,26,27)(H,29,31)(H,30,32);(H,6,7). The fraction of sp³-hybridized carbons (Fsp3) is 0.385. The zero-order chi connectivity index (χ0) is 29.9. The van der Waals surface area contributed by atoms with E-state index >= 15 is 0 Å². The van der Waals surface area contributed by atoms with E-state index in [1.54, 1.807) is 24.3 Å². The molecule has 7 N–H and O–H groups in total. The fourth-order valence-electron chi connectivity index (χ4n) is 3.62. The molecule has 3 rings (SSSR count). The van der Waals surface area contributed by atoms with Gasteiger partial charge in [0.15, 0.2) is 0 Å². The number of ether oxygens (including phenoxy) is 1. The van der Waals surface area contributed by atoms with E-state index in [4.69, 9.17) is 25.8 Å². The molecule has 0 aliphatic carbocycles. The van der Waals surface area contributed by atoms with Crippen LogP contribution in [0.1, 0.15) is 43.4 Å². The monoisotopic (exact) mass is 629 g/mol. The van der Waals surface area contributed by atoms with Gasteiger partial charge in [-0.15, -0.1) is 0 Å². The molecule has 10 nitrogen and oxygen atoms in total. The zero-order valence-electron chi connectivity index (χ0n) is 21.6. The Labute approximate surface area is 237 Å². The lowest BCUT2D eigenvalue weighted by Crippen LogP contribution is -2.30. The van der Waals surface area contributed by atoms with Crippen molar-refractivity contribution in [3.63, 3.8) is 0 Å². The van der Waals surface area contributed by atoms with Crippen molar-refractivity contribution < 1.29 is 37.4 Å². The molecule has 0 spiro atoms. The Bertz CT molecular complexity index is 1190. The molecule has 0 aromatic heterocycles. The summed E-state index contributed by atoms with van der Waals surface area (Å²) in [7, 11) is 0. The number of anilines is 1. The number of carboxylic acid groups (broad SMARTS) is 1. The van der Waals surface area contributed by atoms with Crippen LogP contribution in [-0.2, 0) is 14.4 Å². The first-order valence-electron chi connectivity index (χ1n) is 12.2. The number of carboxylic acids is 1. The van der Waals surface area contributed by atoms with Crippen molar-refractivity contribution in [3.8, 4) is 5.75 Å². The van der Waals surface area contributed by atoms with Gasteiger partial charge < -0.3 is 31.5 Å². The summed E-state index contributed by atoms with van der Waals surface area (Å²) >= 11 is 3.56. The van der Waals surface area contributed by atoms with Gasteiger partial charge in [0.05, 0.1) is 17.1 Å². The first-order chi connectivity index (χ1) is 18.8. The predicted octanol–water partition coefficient (Wildman–Crippen LogP) is 3.95.